The summed E-state index contributed by atoms with van der Waals surface area (Å²) < 4.78 is 0. The van der Waals surface area contributed by atoms with Crippen molar-refractivity contribution in [3.63, 3.8) is 0 Å². The highest BCUT2D eigenvalue weighted by Gasteiger charge is 2.35. The fourth-order valence-corrected chi connectivity index (χ4v) is 3.63. The third-order valence-corrected chi connectivity index (χ3v) is 5.04. The molecule has 0 amide bonds. The average Bonchev–Trinajstić information content (AvgIpc) is 2.40. The van der Waals surface area contributed by atoms with E-state index in [0.29, 0.717) is 17.5 Å². The van der Waals surface area contributed by atoms with Crippen molar-refractivity contribution >= 4 is 11.8 Å². The highest BCUT2D eigenvalue weighted by atomic mass is 32.2. The Morgan fingerprint density at radius 2 is 2.11 bits per heavy atom. The zero-order chi connectivity index (χ0) is 13.9. The number of thioether (sulfide) groups is 1. The molecule has 1 N–H and O–H groups in total. The van der Waals surface area contributed by atoms with E-state index in [0.717, 1.165) is 0 Å². The van der Waals surface area contributed by atoms with Gasteiger partial charge in [0.1, 0.15) is 0 Å². The smallest absolute Gasteiger partial charge is 0.0376 e. The molecule has 0 radical (unpaired) electrons. The Bertz CT molecular complexity index is 413. The van der Waals surface area contributed by atoms with Crippen LogP contribution in [-0.2, 0) is 6.42 Å². The second-order valence-electron chi connectivity index (χ2n) is 6.47. The standard InChI is InChI=1S/C17H27NS/c1-13(10-12-19-4)18-16-15-8-6-5-7-14(15)9-11-17(16,2)3/h5-8,13,16,18H,9-12H2,1-4H3. The maximum absolute atomic E-state index is 3.89. The lowest BCUT2D eigenvalue weighted by atomic mass is 9.70. The first-order valence-corrected chi connectivity index (χ1v) is 8.77. The van der Waals surface area contributed by atoms with Crippen molar-refractivity contribution in [2.24, 2.45) is 5.41 Å². The topological polar surface area (TPSA) is 12.0 Å². The van der Waals surface area contributed by atoms with Gasteiger partial charge in [0, 0.05) is 12.1 Å². The molecule has 2 atom stereocenters. The van der Waals surface area contributed by atoms with Crippen LogP contribution in [0.1, 0.15) is 50.8 Å². The van der Waals surface area contributed by atoms with Crippen LogP contribution in [0.25, 0.3) is 0 Å². The lowest BCUT2D eigenvalue weighted by Crippen LogP contribution is -2.42. The van der Waals surface area contributed by atoms with Gasteiger partial charge in [0.25, 0.3) is 0 Å². The molecule has 2 unspecified atom stereocenters. The molecule has 1 aromatic carbocycles. The van der Waals surface area contributed by atoms with Crippen molar-refractivity contribution in [2.75, 3.05) is 12.0 Å². The van der Waals surface area contributed by atoms with Gasteiger partial charge in [-0.25, -0.2) is 0 Å². The van der Waals surface area contributed by atoms with E-state index in [1.54, 1.807) is 0 Å². The number of nitrogens with one attached hydrogen (secondary N) is 1. The minimum atomic E-state index is 0.349. The molecule has 2 heteroatoms. The maximum Gasteiger partial charge on any atom is 0.0376 e. The Labute approximate surface area is 122 Å². The van der Waals surface area contributed by atoms with Gasteiger partial charge >= 0.3 is 0 Å². The summed E-state index contributed by atoms with van der Waals surface area (Å²) in [5.74, 6) is 1.24. The molecule has 0 aliphatic heterocycles. The van der Waals surface area contributed by atoms with E-state index < -0.39 is 0 Å². The van der Waals surface area contributed by atoms with Crippen molar-refractivity contribution in [3.8, 4) is 0 Å². The Balaban J connectivity index is 2.16. The first-order valence-electron chi connectivity index (χ1n) is 7.37. The first-order chi connectivity index (χ1) is 9.04. The van der Waals surface area contributed by atoms with Crippen LogP contribution in [0.15, 0.2) is 24.3 Å². The van der Waals surface area contributed by atoms with E-state index >= 15 is 0 Å². The summed E-state index contributed by atoms with van der Waals surface area (Å²) >= 11 is 1.94. The largest absolute Gasteiger partial charge is 0.307 e. The van der Waals surface area contributed by atoms with Gasteiger partial charge in [-0.1, -0.05) is 38.1 Å². The second kappa shape index (κ2) is 6.32. The van der Waals surface area contributed by atoms with Crippen molar-refractivity contribution in [3.05, 3.63) is 35.4 Å². The molecular weight excluding hydrogens is 250 g/mol. The van der Waals surface area contributed by atoms with Crippen molar-refractivity contribution in [1.29, 1.82) is 0 Å². The van der Waals surface area contributed by atoms with E-state index in [4.69, 9.17) is 0 Å². The molecule has 0 fully saturated rings. The SMILES string of the molecule is CSCCC(C)NC1c2ccccc2CCC1(C)C. The Morgan fingerprint density at radius 3 is 2.84 bits per heavy atom. The third kappa shape index (κ3) is 3.55. The molecule has 106 valence electrons. The Kier molecular flexibility index (Phi) is 4.97. The van der Waals surface area contributed by atoms with Gasteiger partial charge in [0.2, 0.25) is 0 Å². The van der Waals surface area contributed by atoms with Gasteiger partial charge in [-0.05, 0) is 54.7 Å². The molecule has 0 saturated carbocycles. The average molecular weight is 277 g/mol. The van der Waals surface area contributed by atoms with Crippen LogP contribution in [0, 0.1) is 5.41 Å². The molecule has 19 heavy (non-hydrogen) atoms. The molecule has 2 rings (SSSR count). The van der Waals surface area contributed by atoms with Crippen LogP contribution >= 0.6 is 11.8 Å². The van der Waals surface area contributed by atoms with Crippen LogP contribution in [0.2, 0.25) is 0 Å². The molecular formula is C17H27NS. The molecule has 1 aliphatic carbocycles. The van der Waals surface area contributed by atoms with Gasteiger partial charge in [0.15, 0.2) is 0 Å². The van der Waals surface area contributed by atoms with Crippen molar-refractivity contribution in [2.45, 2.75) is 52.1 Å². The van der Waals surface area contributed by atoms with Crippen LogP contribution in [-0.4, -0.2) is 18.1 Å². The van der Waals surface area contributed by atoms with Gasteiger partial charge in [-0.15, -0.1) is 0 Å². The molecule has 0 aromatic heterocycles. The van der Waals surface area contributed by atoms with E-state index in [1.165, 1.54) is 36.1 Å². The van der Waals surface area contributed by atoms with Gasteiger partial charge in [-0.3, -0.25) is 0 Å². The molecule has 0 bridgehead atoms. The summed E-state index contributed by atoms with van der Waals surface area (Å²) in [6.45, 7) is 7.13. The van der Waals surface area contributed by atoms with Crippen LogP contribution < -0.4 is 5.32 Å². The van der Waals surface area contributed by atoms with E-state index in [1.807, 2.05) is 11.8 Å². The predicted octanol–water partition coefficient (Wildman–Crippen LogP) is 4.43. The first kappa shape index (κ1) is 14.9. The van der Waals surface area contributed by atoms with Crippen LogP contribution in [0.5, 0.6) is 0 Å². The molecule has 1 nitrogen and oxygen atoms in total. The molecule has 0 heterocycles. The van der Waals surface area contributed by atoms with E-state index in [2.05, 4.69) is 56.6 Å². The zero-order valence-electron chi connectivity index (χ0n) is 12.7. The van der Waals surface area contributed by atoms with Crippen molar-refractivity contribution in [1.82, 2.24) is 5.32 Å². The normalized spacial score (nSPS) is 22.8. The summed E-state index contributed by atoms with van der Waals surface area (Å²) in [6, 6.07) is 10.0. The zero-order valence-corrected chi connectivity index (χ0v) is 13.5. The summed E-state index contributed by atoms with van der Waals surface area (Å²) in [5, 5.41) is 3.89. The summed E-state index contributed by atoms with van der Waals surface area (Å²) in [5.41, 5.74) is 3.41. The third-order valence-electron chi connectivity index (χ3n) is 4.39. The lowest BCUT2D eigenvalue weighted by molar-refractivity contribution is 0.195. The molecule has 1 aromatic rings. The van der Waals surface area contributed by atoms with E-state index in [-0.39, 0.29) is 0 Å². The Hall–Kier alpha value is -0.470. The summed E-state index contributed by atoms with van der Waals surface area (Å²) in [6.07, 6.45) is 5.93. The minimum Gasteiger partial charge on any atom is -0.307 e. The van der Waals surface area contributed by atoms with Crippen LogP contribution in [0.4, 0.5) is 0 Å². The maximum atomic E-state index is 3.89. The lowest BCUT2D eigenvalue weighted by Gasteiger charge is -2.42. The highest BCUT2D eigenvalue weighted by Crippen LogP contribution is 2.43. The van der Waals surface area contributed by atoms with Gasteiger partial charge in [0.05, 0.1) is 0 Å². The molecule has 0 spiro atoms. The fourth-order valence-electron chi connectivity index (χ4n) is 3.04. The van der Waals surface area contributed by atoms with Crippen LogP contribution in [0.3, 0.4) is 0 Å². The number of hydrogen-bond acceptors (Lipinski definition) is 2. The summed E-state index contributed by atoms with van der Waals surface area (Å²) in [4.78, 5) is 0. The Morgan fingerprint density at radius 1 is 1.37 bits per heavy atom. The number of aryl methyl sites for hydroxylation is 1. The van der Waals surface area contributed by atoms with Crippen molar-refractivity contribution < 1.29 is 0 Å². The monoisotopic (exact) mass is 277 g/mol. The minimum absolute atomic E-state index is 0.349. The number of benzene rings is 1. The molecule has 1 aliphatic rings. The highest BCUT2D eigenvalue weighted by molar-refractivity contribution is 7.98. The number of hydrogen-bond donors (Lipinski definition) is 1. The molecule has 0 saturated heterocycles. The number of rotatable bonds is 5. The van der Waals surface area contributed by atoms with Gasteiger partial charge < -0.3 is 5.32 Å². The quantitative estimate of drug-likeness (QED) is 0.854. The second-order valence-corrected chi connectivity index (χ2v) is 7.46. The fraction of sp³-hybridized carbons (Fsp3) is 0.647. The van der Waals surface area contributed by atoms with E-state index in [9.17, 15) is 0 Å². The van der Waals surface area contributed by atoms with Gasteiger partial charge in [-0.2, -0.15) is 11.8 Å². The summed E-state index contributed by atoms with van der Waals surface area (Å²) in [7, 11) is 0. The number of fused-ring (bicyclic) bond motifs is 1. The predicted molar refractivity (Wildman–Crippen MR) is 86.9 cm³/mol.